The maximum Gasteiger partial charge on any atom is 0.223 e. The summed E-state index contributed by atoms with van der Waals surface area (Å²) in [4.78, 5) is 12.2. The molecule has 0 bridgehead atoms. The van der Waals surface area contributed by atoms with Crippen LogP contribution in [0.3, 0.4) is 0 Å². The Balaban J connectivity index is 2.53. The smallest absolute Gasteiger partial charge is 0.223 e. The topological polar surface area (TPSA) is 43.1 Å². The van der Waals surface area contributed by atoms with E-state index < -0.39 is 5.41 Å². The zero-order valence-corrected chi connectivity index (χ0v) is 9.30. The molecular formula is C11H15NOS. The lowest BCUT2D eigenvalue weighted by Crippen LogP contribution is -2.33. The molecule has 0 aliphatic rings. The van der Waals surface area contributed by atoms with E-state index in [-0.39, 0.29) is 5.91 Å². The fourth-order valence-corrected chi connectivity index (χ4v) is 1.87. The minimum atomic E-state index is -0.444. The number of carbonyl (C=O) groups is 1. The second-order valence-corrected chi connectivity index (χ2v) is 4.90. The van der Waals surface area contributed by atoms with Crippen molar-refractivity contribution in [3.05, 3.63) is 30.3 Å². The number of amides is 1. The fraction of sp³-hybridized carbons (Fsp3) is 0.364. The van der Waals surface area contributed by atoms with E-state index in [1.807, 2.05) is 44.2 Å². The Morgan fingerprint density at radius 2 is 1.93 bits per heavy atom. The minimum absolute atomic E-state index is 0.249. The number of thioether (sulfide) groups is 1. The first-order valence-corrected chi connectivity index (χ1v) is 5.49. The Hall–Kier alpha value is -0.960. The van der Waals surface area contributed by atoms with Gasteiger partial charge >= 0.3 is 0 Å². The SMILES string of the molecule is CC(C)(CSc1ccccc1)C(N)=O. The molecule has 0 atom stereocenters. The summed E-state index contributed by atoms with van der Waals surface area (Å²) >= 11 is 1.65. The number of rotatable bonds is 4. The standard InChI is InChI=1S/C11H15NOS/c1-11(2,10(12)13)8-14-9-6-4-3-5-7-9/h3-7H,8H2,1-2H3,(H2,12,13). The van der Waals surface area contributed by atoms with Gasteiger partial charge in [-0.05, 0) is 12.1 Å². The number of hydrogen-bond donors (Lipinski definition) is 1. The number of nitrogens with two attached hydrogens (primary N) is 1. The Labute approximate surface area is 88.9 Å². The molecular weight excluding hydrogens is 194 g/mol. The van der Waals surface area contributed by atoms with Crippen LogP contribution in [-0.2, 0) is 4.79 Å². The lowest BCUT2D eigenvalue weighted by molar-refractivity contribution is -0.124. The summed E-state index contributed by atoms with van der Waals surface area (Å²) in [5, 5.41) is 0. The molecule has 0 radical (unpaired) electrons. The van der Waals surface area contributed by atoms with Crippen LogP contribution in [0.25, 0.3) is 0 Å². The Kier molecular flexibility index (Phi) is 3.58. The predicted molar refractivity (Wildman–Crippen MR) is 60.1 cm³/mol. The third-order valence-electron chi connectivity index (χ3n) is 2.01. The van der Waals surface area contributed by atoms with Gasteiger partial charge < -0.3 is 5.73 Å². The summed E-state index contributed by atoms with van der Waals surface area (Å²) in [6, 6.07) is 10.0. The van der Waals surface area contributed by atoms with Gasteiger partial charge in [-0.25, -0.2) is 0 Å². The highest BCUT2D eigenvalue weighted by atomic mass is 32.2. The normalized spacial score (nSPS) is 11.3. The number of benzene rings is 1. The lowest BCUT2D eigenvalue weighted by atomic mass is 9.96. The molecule has 0 aliphatic carbocycles. The molecule has 14 heavy (non-hydrogen) atoms. The highest BCUT2D eigenvalue weighted by Gasteiger charge is 2.24. The first-order chi connectivity index (χ1) is 6.52. The summed E-state index contributed by atoms with van der Waals surface area (Å²) in [5.41, 5.74) is 4.84. The van der Waals surface area contributed by atoms with Gasteiger partial charge in [-0.1, -0.05) is 32.0 Å². The largest absolute Gasteiger partial charge is 0.369 e. The minimum Gasteiger partial charge on any atom is -0.369 e. The van der Waals surface area contributed by atoms with Gasteiger partial charge in [0.25, 0.3) is 0 Å². The van der Waals surface area contributed by atoms with Crippen LogP contribution in [0, 0.1) is 5.41 Å². The van der Waals surface area contributed by atoms with Crippen LogP contribution in [0.1, 0.15) is 13.8 Å². The summed E-state index contributed by atoms with van der Waals surface area (Å²) < 4.78 is 0. The van der Waals surface area contributed by atoms with Crippen molar-refractivity contribution in [1.82, 2.24) is 0 Å². The van der Waals surface area contributed by atoms with Crippen LogP contribution in [0.2, 0.25) is 0 Å². The van der Waals surface area contributed by atoms with Crippen molar-refractivity contribution < 1.29 is 4.79 Å². The molecule has 2 N–H and O–H groups in total. The maximum absolute atomic E-state index is 11.1. The van der Waals surface area contributed by atoms with Crippen molar-refractivity contribution in [1.29, 1.82) is 0 Å². The molecule has 0 spiro atoms. The maximum atomic E-state index is 11.1. The molecule has 0 aliphatic heterocycles. The van der Waals surface area contributed by atoms with Gasteiger partial charge in [0.15, 0.2) is 0 Å². The molecule has 1 aromatic rings. The van der Waals surface area contributed by atoms with E-state index >= 15 is 0 Å². The van der Waals surface area contributed by atoms with E-state index in [1.165, 1.54) is 4.90 Å². The molecule has 1 rings (SSSR count). The number of primary amides is 1. The van der Waals surface area contributed by atoms with E-state index in [2.05, 4.69) is 0 Å². The zero-order chi connectivity index (χ0) is 10.6. The average molecular weight is 209 g/mol. The Morgan fingerprint density at radius 1 is 1.36 bits per heavy atom. The van der Waals surface area contributed by atoms with Crippen LogP contribution >= 0.6 is 11.8 Å². The molecule has 1 amide bonds. The van der Waals surface area contributed by atoms with E-state index in [4.69, 9.17) is 5.73 Å². The summed E-state index contributed by atoms with van der Waals surface area (Å²) in [6.07, 6.45) is 0. The highest BCUT2D eigenvalue weighted by molar-refractivity contribution is 7.99. The molecule has 0 unspecified atom stereocenters. The van der Waals surface area contributed by atoms with Crippen molar-refractivity contribution in [2.45, 2.75) is 18.7 Å². The van der Waals surface area contributed by atoms with Gasteiger partial charge in [0.1, 0.15) is 0 Å². The van der Waals surface area contributed by atoms with Crippen molar-refractivity contribution in [2.75, 3.05) is 5.75 Å². The molecule has 0 heterocycles. The molecule has 3 heteroatoms. The number of carbonyl (C=O) groups excluding carboxylic acids is 1. The fourth-order valence-electron chi connectivity index (χ4n) is 0.852. The second-order valence-electron chi connectivity index (χ2n) is 3.85. The molecule has 1 aromatic carbocycles. The van der Waals surface area contributed by atoms with E-state index in [1.54, 1.807) is 11.8 Å². The van der Waals surface area contributed by atoms with Crippen LogP contribution in [0.4, 0.5) is 0 Å². The molecule has 2 nitrogen and oxygen atoms in total. The van der Waals surface area contributed by atoms with Gasteiger partial charge in [-0.15, -0.1) is 11.8 Å². The third-order valence-corrected chi connectivity index (χ3v) is 3.48. The van der Waals surface area contributed by atoms with Gasteiger partial charge in [0.05, 0.1) is 5.41 Å². The van der Waals surface area contributed by atoms with E-state index in [9.17, 15) is 4.79 Å². The summed E-state index contributed by atoms with van der Waals surface area (Å²) in [6.45, 7) is 3.73. The van der Waals surface area contributed by atoms with Gasteiger partial charge in [-0.3, -0.25) is 4.79 Å². The predicted octanol–water partition coefficient (Wildman–Crippen LogP) is 2.29. The third kappa shape index (κ3) is 3.07. The average Bonchev–Trinajstić information content (AvgIpc) is 2.16. The Morgan fingerprint density at radius 3 is 2.43 bits per heavy atom. The van der Waals surface area contributed by atoms with Crippen LogP contribution in [0.15, 0.2) is 35.2 Å². The highest BCUT2D eigenvalue weighted by Crippen LogP contribution is 2.26. The van der Waals surface area contributed by atoms with Crippen LogP contribution in [0.5, 0.6) is 0 Å². The monoisotopic (exact) mass is 209 g/mol. The van der Waals surface area contributed by atoms with Crippen LogP contribution in [-0.4, -0.2) is 11.7 Å². The van der Waals surface area contributed by atoms with Crippen molar-refractivity contribution >= 4 is 17.7 Å². The lowest BCUT2D eigenvalue weighted by Gasteiger charge is -2.19. The summed E-state index contributed by atoms with van der Waals surface area (Å²) in [5.74, 6) is 0.465. The van der Waals surface area contributed by atoms with Gasteiger partial charge in [-0.2, -0.15) is 0 Å². The molecule has 0 fully saturated rings. The Bertz CT molecular complexity index is 308. The van der Waals surface area contributed by atoms with Crippen molar-refractivity contribution in [3.63, 3.8) is 0 Å². The first-order valence-electron chi connectivity index (χ1n) is 4.50. The van der Waals surface area contributed by atoms with E-state index in [0.29, 0.717) is 5.75 Å². The second kappa shape index (κ2) is 4.51. The first kappa shape index (κ1) is 11.1. The van der Waals surface area contributed by atoms with E-state index in [0.717, 1.165) is 0 Å². The van der Waals surface area contributed by atoms with Crippen molar-refractivity contribution in [3.8, 4) is 0 Å². The molecule has 76 valence electrons. The molecule has 0 saturated heterocycles. The van der Waals surface area contributed by atoms with Crippen LogP contribution < -0.4 is 5.73 Å². The van der Waals surface area contributed by atoms with Gasteiger partial charge in [0, 0.05) is 10.6 Å². The molecule has 0 saturated carbocycles. The zero-order valence-electron chi connectivity index (χ0n) is 8.49. The van der Waals surface area contributed by atoms with Crippen molar-refractivity contribution in [2.24, 2.45) is 11.1 Å². The van der Waals surface area contributed by atoms with Gasteiger partial charge in [0.2, 0.25) is 5.91 Å². The quantitative estimate of drug-likeness (QED) is 0.773. The number of hydrogen-bond acceptors (Lipinski definition) is 2. The summed E-state index contributed by atoms with van der Waals surface area (Å²) in [7, 11) is 0. The molecule has 0 aromatic heterocycles.